The Bertz CT molecular complexity index is 5660. The summed E-state index contributed by atoms with van der Waals surface area (Å²) in [6.07, 6.45) is -0.593. The van der Waals surface area contributed by atoms with Gasteiger partial charge in [0.1, 0.15) is 104 Å². The summed E-state index contributed by atoms with van der Waals surface area (Å²) >= 11 is 0. The zero-order valence-electron chi connectivity index (χ0n) is 69.1. The second-order valence-corrected chi connectivity index (χ2v) is 37.4. The number of rotatable bonds is 22. The van der Waals surface area contributed by atoms with E-state index >= 15 is 0 Å². The average molecular weight is 2230 g/mol. The van der Waals surface area contributed by atoms with Gasteiger partial charge in [0.25, 0.3) is 11.1 Å². The van der Waals surface area contributed by atoms with Crippen LogP contribution in [-0.4, -0.2) is 296 Å². The molecule has 0 amide bonds. The number of anilines is 4. The molecule has 60 heteroatoms. The van der Waals surface area contributed by atoms with E-state index in [9.17, 15) is 67.5 Å². The predicted molar refractivity (Wildman–Crippen MR) is 418 cm³/mol. The number of aromatic nitrogens is 16. The zero-order chi connectivity index (χ0) is 86.7. The van der Waals surface area contributed by atoms with Crippen LogP contribution in [0.3, 0.4) is 0 Å². The van der Waals surface area contributed by atoms with Crippen LogP contribution >= 0.6 is 40.1 Å². The molecule has 5 radical (unpaired) electrons. The molecule has 25 atom stereocenters. The van der Waals surface area contributed by atoms with Crippen LogP contribution in [0, 0.1) is 0 Å². The molecule has 18 rings (SSSR count). The van der Waals surface area contributed by atoms with Crippen LogP contribution in [0.4, 0.5) is 23.5 Å². The van der Waals surface area contributed by atoms with Gasteiger partial charge in [-0.25, -0.2) is 34.5 Å². The van der Waals surface area contributed by atoms with Gasteiger partial charge >= 0.3 is 11.4 Å². The van der Waals surface area contributed by atoms with E-state index in [1.807, 2.05) is 6.92 Å². The minimum absolute atomic E-state index is 0. The number of imidazole rings is 3. The monoisotopic (exact) mass is 2230 g/mol. The molecule has 10 saturated heterocycles. The largest absolute Gasteiger partial charge is 0.476 e. The molecule has 8 aromatic rings. The van der Waals surface area contributed by atoms with E-state index in [2.05, 4.69) is 54.8 Å². The van der Waals surface area contributed by atoms with Gasteiger partial charge in [0.2, 0.25) is 17.8 Å². The van der Waals surface area contributed by atoms with Crippen molar-refractivity contribution in [3.8, 4) is 5.88 Å². The van der Waals surface area contributed by atoms with Gasteiger partial charge < -0.3 is 123 Å². The molecular formula is C65H93N20O30P5Y5. The summed E-state index contributed by atoms with van der Waals surface area (Å²) in [5.41, 5.74) is 11.3. The fourth-order valence-electron chi connectivity index (χ4n) is 16.3. The Morgan fingerprint density at radius 1 is 0.440 bits per heavy atom. The molecule has 0 spiro atoms. The van der Waals surface area contributed by atoms with Gasteiger partial charge in [-0.15, -0.1) is 0 Å². The number of nitrogens with one attached hydrogen (secondary N) is 2. The number of aliphatic hydroxyl groups excluding tert-OH is 5. The Balaban J connectivity index is 0.000000175. The summed E-state index contributed by atoms with van der Waals surface area (Å²) in [5.74, 6) is 0.604. The van der Waals surface area contributed by atoms with Crippen molar-refractivity contribution >= 4 is 97.2 Å². The third-order valence-corrected chi connectivity index (χ3v) is 25.4. The maximum atomic E-state index is 12.0. The van der Waals surface area contributed by atoms with Gasteiger partial charge in [-0.3, -0.25) is 65.2 Å². The molecule has 15 N–H and O–H groups in total. The predicted octanol–water partition coefficient (Wildman–Crippen LogP) is -2.04. The molecule has 10 aliphatic heterocycles. The van der Waals surface area contributed by atoms with Crippen molar-refractivity contribution in [2.45, 2.75) is 159 Å². The third kappa shape index (κ3) is 19.5. The van der Waals surface area contributed by atoms with Crippen molar-refractivity contribution in [1.29, 1.82) is 0 Å². The van der Waals surface area contributed by atoms with Crippen molar-refractivity contribution < 1.29 is 287 Å². The number of nitrogens with zero attached hydrogens (tertiary/aromatic N) is 14. The average Bonchev–Trinajstić information content (AvgIpc) is 1.58. The number of aromatic amines is 2. The quantitative estimate of drug-likeness (QED) is 0.0326. The zero-order valence-corrected chi connectivity index (χ0v) is 88.3. The van der Waals surface area contributed by atoms with Gasteiger partial charge in [-0.1, -0.05) is 0 Å². The SMILES string of the molecule is CCOc1nc(N)nc2c1ncn2[C@@H]1O[C@@]2(CO[PH](C)=O)CO[C@]1(C)[C@@H]2O.C[PH](=O)OC[C@]12CO[C@](C)([C@@H]1O)[C@H](n1ccc(=O)[nH]c1=O)O2.C[PH](=O)OC[C@]12CO[C@](C)([C@@H]1O)[C@H](n1ccc(N)nc1=O)O2.C[PH](=O)OC[C@]12CO[C@](C)([C@@H]1O)[C@H](n1cnc3c(=O)[nH]c(N)nc31)O2.C[PH](=O)OC[C@]12CO[C@](C)([C@@H]1O)[C@H](n1cnc3c(N)ncnc31)O2.[Y].[Y].[Y].[Y].[Y]. The molecule has 125 heavy (non-hydrogen) atoms. The minimum Gasteiger partial charge on any atom is -0.476 e. The number of H-pyrrole nitrogens is 2. The van der Waals surface area contributed by atoms with Gasteiger partial charge in [0.15, 0.2) is 105 Å². The molecule has 0 aromatic carbocycles. The van der Waals surface area contributed by atoms with Crippen LogP contribution in [0.1, 0.15) is 72.7 Å². The summed E-state index contributed by atoms with van der Waals surface area (Å²) in [4.78, 5) is 88.3. The van der Waals surface area contributed by atoms with Crippen molar-refractivity contribution in [1.82, 2.24) is 77.7 Å². The Morgan fingerprint density at radius 2 is 0.784 bits per heavy atom. The summed E-state index contributed by atoms with van der Waals surface area (Å²) in [6.45, 7) is 18.2. The Morgan fingerprint density at radius 3 is 1.15 bits per heavy atom. The minimum atomic E-state index is -2.20. The Kier molecular flexibility index (Phi) is 34.8. The van der Waals surface area contributed by atoms with E-state index < -0.39 is 180 Å². The van der Waals surface area contributed by atoms with Crippen LogP contribution in [0.15, 0.2) is 69.0 Å². The van der Waals surface area contributed by atoms with Gasteiger partial charge in [0.05, 0.1) is 91.7 Å². The topological polar surface area (TPSA) is 679 Å². The first-order valence-electron chi connectivity index (χ1n) is 37.1. The summed E-state index contributed by atoms with van der Waals surface area (Å²) < 4.78 is 154. The fourth-order valence-corrected chi connectivity index (χ4v) is 18.5. The number of aliphatic hydroxyl groups is 5. The first-order valence-corrected chi connectivity index (χ1v) is 46.2. The van der Waals surface area contributed by atoms with Crippen molar-refractivity contribution in [3.05, 3.63) is 91.5 Å². The van der Waals surface area contributed by atoms with Crippen molar-refractivity contribution in [2.24, 2.45) is 0 Å². The van der Waals surface area contributed by atoms with E-state index in [4.69, 9.17) is 97.7 Å². The summed E-state index contributed by atoms with van der Waals surface area (Å²) in [6, 6.07) is 2.64. The fraction of sp³-hybridized carbons (Fsp3) is 0.646. The van der Waals surface area contributed by atoms with Crippen LogP contribution < -0.4 is 50.2 Å². The Labute approximate surface area is 837 Å². The maximum Gasteiger partial charge on any atom is 0.351 e. The maximum absolute atomic E-state index is 12.0. The number of fused-ring (bicyclic) bond motifs is 13. The van der Waals surface area contributed by atoms with Gasteiger partial charge in [-0.05, 0) is 47.6 Å². The smallest absolute Gasteiger partial charge is 0.351 e. The molecule has 10 fully saturated rings. The van der Waals surface area contributed by atoms with E-state index in [0.29, 0.717) is 28.9 Å². The van der Waals surface area contributed by atoms with Gasteiger partial charge in [0, 0.05) is 215 Å². The molecule has 8 aromatic heterocycles. The standard InChI is InChI=1S/C15H22N5O6P.C13H18N5O6P.C13H18N5O5P.C12H18N3O6P.C12H17N2O7P.5Y/c1-4-23-10-8-9(18-13(16)19-10)20(7-17-8)12-14(2)11(21)15(26-12,5-24-14)6-25-27(3)22;1-12-9(20)13(3-22-12,4-23-25(2)21)24-10(12)18-5-15-6-7(18)16-11(14)17-8(6)19;1-12-10(19)13(3-21-12,4-22-24(2)20)23-11(12)18-6-17-7-8(14)15-5-16-9(7)18;1-11-8(16)12(5-19-11,6-20-22(2)18)21-9(11)15-4-3-7(13)14-10(15)17;1-11-8(16)12(5-19-11,6-20-22(2)18)21-9(11)14-4-3-7(15)13-10(14)17;;;;;/h7,11-12,21,27H,4-6H2,1-3H3,(H2,16,18,19);5,9-10,20,25H,3-4H2,1-2H3,(H3,14,16,17,19);5-6,10-11,19,24H,3-4H2,1-2H3,(H2,14,15,16);3-4,8-9,16,22H,5-6H2,1-2H3,(H2,13,14,17);3-4,8-9,16,22H,5-6H2,1-2H3,(H,13,15,17);;;;;/t11-,12+,14+,15+;9-,10+,12+,13+;10-,11+,12+,13+;2*8-,9+,11+,12+;;;;;/m00000...../s1. The van der Waals surface area contributed by atoms with Gasteiger partial charge in [-0.2, -0.15) is 19.9 Å². The second-order valence-electron chi connectivity index (χ2n) is 31.0. The third-order valence-electron chi connectivity index (χ3n) is 22.6. The van der Waals surface area contributed by atoms with Crippen LogP contribution in [0.25, 0.3) is 33.5 Å². The first-order chi connectivity index (χ1) is 56.5. The van der Waals surface area contributed by atoms with Crippen molar-refractivity contribution in [3.63, 3.8) is 0 Å². The molecular weight excluding hydrogens is 2140 g/mol. The first kappa shape index (κ1) is 107. The Hall–Kier alpha value is -2.12. The number of ether oxygens (including phenoxy) is 11. The molecule has 10 bridgehead atoms. The van der Waals surface area contributed by atoms with Crippen LogP contribution in [0.5, 0.6) is 5.88 Å². The number of hydrogen-bond donors (Lipinski definition) is 11. The van der Waals surface area contributed by atoms with Crippen LogP contribution in [0.2, 0.25) is 0 Å². The number of nitrogens with two attached hydrogens (primary N) is 4. The molecule has 50 nitrogen and oxygen atoms in total. The summed E-state index contributed by atoms with van der Waals surface area (Å²) in [7, 11) is -10.9. The van der Waals surface area contributed by atoms with Crippen LogP contribution in [-0.2, 0) is 256 Å². The molecule has 18 heterocycles. The van der Waals surface area contributed by atoms with E-state index in [1.165, 1.54) is 92.3 Å². The number of hydrogen-bond acceptors (Lipinski definition) is 43. The molecule has 0 saturated carbocycles. The second kappa shape index (κ2) is 40.8. The molecule has 10 aliphatic rings. The normalized spacial score (nSPS) is 34.8. The van der Waals surface area contributed by atoms with E-state index in [1.54, 1.807) is 43.8 Å². The van der Waals surface area contributed by atoms with E-state index in [0.717, 1.165) is 4.57 Å². The molecule has 0 aliphatic carbocycles. The van der Waals surface area contributed by atoms with Crippen molar-refractivity contribution in [2.75, 3.05) is 129 Å². The molecule has 5 unspecified atom stereocenters. The molecule has 673 valence electrons. The summed E-state index contributed by atoms with van der Waals surface area (Å²) in [5, 5.41) is 53.4. The number of nitrogen functional groups attached to an aromatic ring is 4. The van der Waals surface area contributed by atoms with E-state index in [-0.39, 0.29) is 270 Å².